The summed E-state index contributed by atoms with van der Waals surface area (Å²) in [6.07, 6.45) is 3.46. The summed E-state index contributed by atoms with van der Waals surface area (Å²) in [5.74, 6) is 0.458. The van der Waals surface area contributed by atoms with Gasteiger partial charge in [0.2, 0.25) is 0 Å². The Balaban J connectivity index is 0. The maximum Gasteiger partial charge on any atom is 0.267 e. The molecule has 0 aromatic heterocycles. The summed E-state index contributed by atoms with van der Waals surface area (Å²) in [6, 6.07) is 7.32. The van der Waals surface area contributed by atoms with Gasteiger partial charge in [-0.05, 0) is 37.6 Å². The smallest absolute Gasteiger partial charge is 0.267 e. The average molecular weight is 348 g/mol. The largest absolute Gasteiger partial charge is 0.497 e. The minimum atomic E-state index is -0.294. The van der Waals surface area contributed by atoms with Crippen molar-refractivity contribution in [2.75, 3.05) is 20.3 Å². The molecule has 1 rings (SSSR count). The molecule has 0 fully saturated rings. The van der Waals surface area contributed by atoms with E-state index < -0.39 is 0 Å². The van der Waals surface area contributed by atoms with E-state index in [1.807, 2.05) is 45.0 Å². The molecule has 0 heterocycles. The summed E-state index contributed by atoms with van der Waals surface area (Å²) in [4.78, 5) is 11.9. The molecule has 5 nitrogen and oxygen atoms in total. The second kappa shape index (κ2) is 16.3. The van der Waals surface area contributed by atoms with Gasteiger partial charge in [-0.3, -0.25) is 4.79 Å². The van der Waals surface area contributed by atoms with Crippen LogP contribution in [0.4, 0.5) is 0 Å². The Kier molecular flexibility index (Phi) is 16.1. The van der Waals surface area contributed by atoms with Gasteiger partial charge in [0.25, 0.3) is 5.91 Å². The molecule has 0 aliphatic rings. The highest BCUT2D eigenvalue weighted by Gasteiger charge is 2.08. The molecule has 0 spiro atoms. The molecular weight excluding hydrogens is 316 g/mol. The maximum atomic E-state index is 11.9. The summed E-state index contributed by atoms with van der Waals surface area (Å²) in [7, 11) is 1.60. The fourth-order valence-electron chi connectivity index (χ4n) is 1.52. The molecule has 140 valence electrons. The van der Waals surface area contributed by atoms with E-state index in [1.165, 1.54) is 0 Å². The molecule has 0 saturated heterocycles. The van der Waals surface area contributed by atoms with E-state index in [2.05, 4.69) is 23.8 Å². The Morgan fingerprint density at radius 3 is 2.20 bits per heavy atom. The van der Waals surface area contributed by atoms with E-state index in [-0.39, 0.29) is 19.1 Å². The molecule has 3 N–H and O–H groups in total. The predicted molar refractivity (Wildman–Crippen MR) is 106 cm³/mol. The number of allylic oxidation sites excluding steroid dienone is 2. The molecule has 0 aliphatic heterocycles. The fraction of sp³-hybridized carbons (Fsp3) is 0.350. The lowest BCUT2D eigenvalue weighted by Gasteiger charge is -2.11. The zero-order chi connectivity index (χ0) is 19.7. The van der Waals surface area contributed by atoms with Crippen LogP contribution in [0.2, 0.25) is 0 Å². The van der Waals surface area contributed by atoms with Crippen LogP contribution in [0, 0.1) is 0 Å². The molecule has 5 heteroatoms. The normalized spacial score (nSPS) is 9.44. The molecule has 0 aliphatic carbocycles. The molecule has 1 aromatic rings. The third-order valence-electron chi connectivity index (χ3n) is 2.42. The minimum Gasteiger partial charge on any atom is -0.497 e. The van der Waals surface area contributed by atoms with Gasteiger partial charge in [-0.15, -0.1) is 6.58 Å². The highest BCUT2D eigenvalue weighted by Crippen LogP contribution is 2.13. The lowest BCUT2D eigenvalue weighted by Crippen LogP contribution is -2.32. The van der Waals surface area contributed by atoms with E-state index in [1.54, 1.807) is 26.2 Å². The van der Waals surface area contributed by atoms with Gasteiger partial charge >= 0.3 is 0 Å². The first-order valence-electron chi connectivity index (χ1n) is 8.22. The third-order valence-corrected chi connectivity index (χ3v) is 2.42. The van der Waals surface area contributed by atoms with Gasteiger partial charge in [0, 0.05) is 12.2 Å². The molecule has 0 atom stereocenters. The maximum absolute atomic E-state index is 11.9. The van der Waals surface area contributed by atoms with Gasteiger partial charge in [0.1, 0.15) is 11.4 Å². The number of hydrogen-bond acceptors (Lipinski definition) is 4. The summed E-state index contributed by atoms with van der Waals surface area (Å²) < 4.78 is 5.08. The molecule has 0 unspecified atom stereocenters. The van der Waals surface area contributed by atoms with Crippen molar-refractivity contribution in [2.45, 2.75) is 27.7 Å². The third kappa shape index (κ3) is 12.5. The standard InChI is InChI=1S/C15H20N2O3.C3H6.C2H6/c1-11(2)17-14(15(19)16-8-9-18)10-12-4-6-13(20-3)7-5-12;1-3-2;1-2/h4-7,10,17-18H,1,8-9H2,2-3H3,(H,16,19);3H,1H2,2H3;1-2H3/b14-10-;;. The van der Waals surface area contributed by atoms with E-state index in [0.29, 0.717) is 11.4 Å². The summed E-state index contributed by atoms with van der Waals surface area (Å²) in [6.45, 7) is 14.8. The van der Waals surface area contributed by atoms with Crippen molar-refractivity contribution in [2.24, 2.45) is 0 Å². The fourth-order valence-corrected chi connectivity index (χ4v) is 1.52. The van der Waals surface area contributed by atoms with E-state index in [9.17, 15) is 4.79 Å². The zero-order valence-corrected chi connectivity index (χ0v) is 16.1. The summed E-state index contributed by atoms with van der Waals surface area (Å²) in [5.41, 5.74) is 1.88. The van der Waals surface area contributed by atoms with Crippen molar-refractivity contribution in [3.63, 3.8) is 0 Å². The van der Waals surface area contributed by atoms with Crippen molar-refractivity contribution in [3.05, 3.63) is 60.5 Å². The molecule has 1 aromatic carbocycles. The van der Waals surface area contributed by atoms with Gasteiger partial charge in [0.15, 0.2) is 0 Å². The van der Waals surface area contributed by atoms with Crippen LogP contribution in [-0.2, 0) is 4.79 Å². The van der Waals surface area contributed by atoms with Crippen molar-refractivity contribution in [3.8, 4) is 5.75 Å². The Labute approximate surface area is 152 Å². The van der Waals surface area contributed by atoms with Gasteiger partial charge in [0.05, 0.1) is 13.7 Å². The number of hydrogen-bond donors (Lipinski definition) is 3. The number of carbonyl (C=O) groups is 1. The summed E-state index contributed by atoms with van der Waals surface area (Å²) >= 11 is 0. The number of amides is 1. The predicted octanol–water partition coefficient (Wildman–Crippen LogP) is 3.49. The van der Waals surface area contributed by atoms with Crippen molar-refractivity contribution in [1.29, 1.82) is 0 Å². The lowest BCUT2D eigenvalue weighted by atomic mass is 10.1. The lowest BCUT2D eigenvalue weighted by molar-refractivity contribution is -0.117. The number of carbonyl (C=O) groups excluding carboxylic acids is 1. The molecule has 0 radical (unpaired) electrons. The number of rotatable bonds is 7. The second-order valence-corrected chi connectivity index (χ2v) is 4.62. The van der Waals surface area contributed by atoms with Crippen LogP contribution < -0.4 is 15.4 Å². The van der Waals surface area contributed by atoms with Crippen molar-refractivity contribution < 1.29 is 14.6 Å². The minimum absolute atomic E-state index is 0.103. The number of nitrogens with one attached hydrogen (secondary N) is 2. The van der Waals surface area contributed by atoms with E-state index in [0.717, 1.165) is 11.3 Å². The highest BCUT2D eigenvalue weighted by atomic mass is 16.5. The Bertz CT molecular complexity index is 534. The van der Waals surface area contributed by atoms with Crippen LogP contribution >= 0.6 is 0 Å². The van der Waals surface area contributed by atoms with Gasteiger partial charge in [-0.2, -0.15) is 0 Å². The zero-order valence-electron chi connectivity index (χ0n) is 16.1. The first-order valence-corrected chi connectivity index (χ1v) is 8.22. The number of benzene rings is 1. The van der Waals surface area contributed by atoms with Crippen molar-refractivity contribution in [1.82, 2.24) is 10.6 Å². The van der Waals surface area contributed by atoms with Crippen LogP contribution in [0.25, 0.3) is 6.08 Å². The Morgan fingerprint density at radius 2 is 1.80 bits per heavy atom. The first-order chi connectivity index (χ1) is 12.0. The van der Waals surface area contributed by atoms with Gasteiger partial charge in [-0.25, -0.2) is 0 Å². The highest BCUT2D eigenvalue weighted by molar-refractivity contribution is 5.97. The van der Waals surface area contributed by atoms with E-state index in [4.69, 9.17) is 9.84 Å². The quantitative estimate of drug-likeness (QED) is 0.521. The van der Waals surface area contributed by atoms with Crippen LogP contribution in [0.5, 0.6) is 5.75 Å². The number of methoxy groups -OCH3 is 1. The monoisotopic (exact) mass is 348 g/mol. The average Bonchev–Trinajstić information content (AvgIpc) is 2.61. The number of aliphatic hydroxyl groups excluding tert-OH is 1. The van der Waals surface area contributed by atoms with Gasteiger partial charge in [-0.1, -0.05) is 38.6 Å². The van der Waals surface area contributed by atoms with Crippen LogP contribution in [0.3, 0.4) is 0 Å². The summed E-state index contributed by atoms with van der Waals surface area (Å²) in [5, 5.41) is 14.2. The van der Waals surface area contributed by atoms with Crippen LogP contribution in [-0.4, -0.2) is 31.3 Å². The van der Waals surface area contributed by atoms with E-state index >= 15 is 0 Å². The molecule has 0 saturated carbocycles. The second-order valence-electron chi connectivity index (χ2n) is 4.62. The Hall–Kier alpha value is -2.53. The molecule has 0 bridgehead atoms. The van der Waals surface area contributed by atoms with Crippen LogP contribution in [0.15, 0.2) is 54.9 Å². The van der Waals surface area contributed by atoms with Crippen molar-refractivity contribution >= 4 is 12.0 Å². The topological polar surface area (TPSA) is 70.6 Å². The van der Waals surface area contributed by atoms with Gasteiger partial charge < -0.3 is 20.5 Å². The number of aliphatic hydroxyl groups is 1. The molecular formula is C20H32N2O3. The SMILES string of the molecule is C=C(C)N/C(=C\c1ccc(OC)cc1)C(=O)NCCO.C=CC.CC. The Morgan fingerprint density at radius 1 is 1.28 bits per heavy atom. The van der Waals surface area contributed by atoms with Crippen LogP contribution in [0.1, 0.15) is 33.3 Å². The first kappa shape index (κ1) is 24.7. The molecule has 1 amide bonds. The molecule has 25 heavy (non-hydrogen) atoms. The number of ether oxygens (including phenoxy) is 1.